The molecule has 1 heterocycles. The molecule has 0 fully saturated rings. The van der Waals surface area contributed by atoms with Crippen LogP contribution in [0.1, 0.15) is 0 Å². The van der Waals surface area contributed by atoms with E-state index in [9.17, 15) is 43.9 Å². The van der Waals surface area contributed by atoms with Crippen molar-refractivity contribution in [2.45, 2.75) is 30.7 Å². The first-order valence-electron chi connectivity index (χ1n) is 4.91. The topological polar surface area (TPSA) is 47.1 Å². The Kier molecular flexibility index (Phi) is 4.56. The summed E-state index contributed by atoms with van der Waals surface area (Å²) in [5, 5.41) is 4.72. The van der Waals surface area contributed by atoms with Gasteiger partial charge in [0.05, 0.1) is 6.20 Å². The van der Waals surface area contributed by atoms with Crippen LogP contribution in [0, 0.1) is 0 Å². The molecule has 4 nitrogen and oxygen atoms in total. The maximum atomic E-state index is 13.0. The molecule has 0 amide bonds. The zero-order valence-electron chi connectivity index (χ0n) is 9.78. The highest BCUT2D eigenvalue weighted by Crippen LogP contribution is 2.48. The van der Waals surface area contributed by atoms with Crippen LogP contribution in [0.3, 0.4) is 0 Å². The lowest BCUT2D eigenvalue weighted by Crippen LogP contribution is -2.56. The van der Waals surface area contributed by atoms with E-state index in [-0.39, 0.29) is 0 Å². The molecule has 128 valence electrons. The number of ether oxygens (including phenoxy) is 2. The summed E-state index contributed by atoms with van der Waals surface area (Å²) in [6, 6.07) is 0.656. The van der Waals surface area contributed by atoms with Gasteiger partial charge in [-0.2, -0.15) is 44.6 Å². The molecule has 1 N–H and O–H groups in total. The molecule has 1 atom stereocenters. The first kappa shape index (κ1) is 18.3. The van der Waals surface area contributed by atoms with Gasteiger partial charge in [-0.15, -0.1) is 0 Å². The number of aromatic amines is 1. The van der Waals surface area contributed by atoms with Gasteiger partial charge < -0.3 is 4.74 Å². The van der Waals surface area contributed by atoms with Crippen LogP contribution in [0.25, 0.3) is 0 Å². The predicted octanol–water partition coefficient (Wildman–Crippen LogP) is 3.48. The van der Waals surface area contributed by atoms with Gasteiger partial charge >= 0.3 is 30.7 Å². The fourth-order valence-electron chi connectivity index (χ4n) is 0.930. The summed E-state index contributed by atoms with van der Waals surface area (Å²) < 4.78 is 130. The molecule has 0 aliphatic heterocycles. The monoisotopic (exact) mass is 350 g/mol. The van der Waals surface area contributed by atoms with Gasteiger partial charge in [-0.1, -0.05) is 0 Å². The molecule has 1 rings (SSSR count). The standard InChI is InChI=1S/C8H4F10N2O2/c9-4(5(10,11)21-3-1-2-19-20-3)22-8(17,18)6(12,13)7(14,15)16/h1-2,4H,(H,19,20). The number of nitrogens with one attached hydrogen (secondary N) is 1. The van der Waals surface area contributed by atoms with E-state index < -0.39 is 36.6 Å². The van der Waals surface area contributed by atoms with Gasteiger partial charge in [0.1, 0.15) is 0 Å². The van der Waals surface area contributed by atoms with Crippen LogP contribution in [-0.2, 0) is 4.74 Å². The second-order valence-corrected chi connectivity index (χ2v) is 3.61. The predicted molar refractivity (Wildman–Crippen MR) is 46.1 cm³/mol. The van der Waals surface area contributed by atoms with E-state index in [0.29, 0.717) is 6.07 Å². The number of H-pyrrole nitrogens is 1. The van der Waals surface area contributed by atoms with Crippen molar-refractivity contribution in [3.8, 4) is 5.88 Å². The lowest BCUT2D eigenvalue weighted by molar-refractivity contribution is -0.460. The van der Waals surface area contributed by atoms with Gasteiger partial charge in [0.15, 0.2) is 0 Å². The SMILES string of the molecule is FC(OC(F)(F)C(F)(F)C(F)(F)F)C(F)(F)Oc1ccn[nH]1. The summed E-state index contributed by atoms with van der Waals surface area (Å²) in [5.74, 6) is -7.89. The van der Waals surface area contributed by atoms with Crippen LogP contribution in [0.2, 0.25) is 0 Å². The van der Waals surface area contributed by atoms with E-state index in [4.69, 9.17) is 0 Å². The second kappa shape index (κ2) is 5.48. The Morgan fingerprint density at radius 3 is 1.95 bits per heavy atom. The number of alkyl halides is 10. The Hall–Kier alpha value is -1.73. The summed E-state index contributed by atoms with van der Waals surface area (Å²) in [7, 11) is 0. The molecule has 0 spiro atoms. The first-order valence-corrected chi connectivity index (χ1v) is 4.91. The second-order valence-electron chi connectivity index (χ2n) is 3.61. The molecule has 1 aromatic rings. The van der Waals surface area contributed by atoms with Gasteiger partial charge in [-0.3, -0.25) is 4.74 Å². The van der Waals surface area contributed by atoms with E-state index in [1.165, 1.54) is 0 Å². The molecule has 0 saturated carbocycles. The van der Waals surface area contributed by atoms with Crippen LogP contribution in [0.4, 0.5) is 43.9 Å². The zero-order valence-corrected chi connectivity index (χ0v) is 9.78. The average Bonchev–Trinajstić information content (AvgIpc) is 2.78. The van der Waals surface area contributed by atoms with Gasteiger partial charge in [0.2, 0.25) is 5.88 Å². The smallest absolute Gasteiger partial charge is 0.411 e. The largest absolute Gasteiger partial charge is 0.462 e. The van der Waals surface area contributed by atoms with Gasteiger partial charge in [0, 0.05) is 6.07 Å². The molecule has 0 aliphatic carbocycles. The molecule has 0 aromatic carbocycles. The van der Waals surface area contributed by atoms with Crippen molar-refractivity contribution in [2.24, 2.45) is 0 Å². The third-order valence-electron chi connectivity index (χ3n) is 1.96. The Morgan fingerprint density at radius 1 is 1.00 bits per heavy atom. The molecule has 14 heteroatoms. The Bertz CT molecular complexity index is 486. The number of hydrogen-bond donors (Lipinski definition) is 1. The number of nitrogens with zero attached hydrogens (tertiary/aromatic N) is 1. The van der Waals surface area contributed by atoms with Crippen LogP contribution in [0.5, 0.6) is 5.88 Å². The van der Waals surface area contributed by atoms with E-state index in [1.54, 1.807) is 5.10 Å². The number of hydrogen-bond acceptors (Lipinski definition) is 3. The molecule has 1 unspecified atom stereocenters. The molecule has 22 heavy (non-hydrogen) atoms. The van der Waals surface area contributed by atoms with E-state index in [2.05, 4.69) is 14.6 Å². The summed E-state index contributed by atoms with van der Waals surface area (Å²) in [6.07, 6.45) is -22.6. The Morgan fingerprint density at radius 2 is 1.55 bits per heavy atom. The molecule has 0 radical (unpaired) electrons. The van der Waals surface area contributed by atoms with Crippen molar-refractivity contribution >= 4 is 0 Å². The minimum atomic E-state index is -6.91. The highest BCUT2D eigenvalue weighted by Gasteiger charge is 2.76. The quantitative estimate of drug-likeness (QED) is 0.799. The van der Waals surface area contributed by atoms with Crippen molar-refractivity contribution in [3.05, 3.63) is 12.3 Å². The van der Waals surface area contributed by atoms with Crippen molar-refractivity contribution < 1.29 is 53.4 Å². The molecule has 1 aromatic heterocycles. The number of halogens is 10. The van der Waals surface area contributed by atoms with E-state index >= 15 is 0 Å². The average molecular weight is 350 g/mol. The van der Waals surface area contributed by atoms with Crippen LogP contribution < -0.4 is 4.74 Å². The van der Waals surface area contributed by atoms with Gasteiger partial charge in [-0.25, -0.2) is 9.49 Å². The van der Waals surface area contributed by atoms with Gasteiger partial charge in [-0.05, 0) is 0 Å². The Labute approximate surface area is 114 Å². The summed E-state index contributed by atoms with van der Waals surface area (Å²) in [6.45, 7) is 0. The maximum absolute atomic E-state index is 13.0. The normalized spacial score (nSPS) is 15.7. The molecule has 0 bridgehead atoms. The fraction of sp³-hybridized carbons (Fsp3) is 0.625. The van der Waals surface area contributed by atoms with Crippen molar-refractivity contribution in [2.75, 3.05) is 0 Å². The van der Waals surface area contributed by atoms with Crippen LogP contribution in [0.15, 0.2) is 12.3 Å². The summed E-state index contributed by atoms with van der Waals surface area (Å²) in [5.41, 5.74) is 0. The third-order valence-corrected chi connectivity index (χ3v) is 1.96. The van der Waals surface area contributed by atoms with E-state index in [0.717, 1.165) is 6.20 Å². The van der Waals surface area contributed by atoms with Crippen molar-refractivity contribution in [1.82, 2.24) is 10.2 Å². The lowest BCUT2D eigenvalue weighted by atomic mass is 10.3. The van der Waals surface area contributed by atoms with Gasteiger partial charge in [0.25, 0.3) is 0 Å². The maximum Gasteiger partial charge on any atom is 0.462 e. The first-order chi connectivity index (χ1) is 9.71. The van der Waals surface area contributed by atoms with Crippen molar-refractivity contribution in [1.29, 1.82) is 0 Å². The molecule has 0 saturated heterocycles. The molecular weight excluding hydrogens is 346 g/mol. The zero-order chi connectivity index (χ0) is 17.4. The number of aromatic nitrogens is 2. The minimum Gasteiger partial charge on any atom is -0.411 e. The molecular formula is C8H4F10N2O2. The minimum absolute atomic E-state index is 0.656. The summed E-state index contributed by atoms with van der Waals surface area (Å²) >= 11 is 0. The van der Waals surface area contributed by atoms with Crippen LogP contribution >= 0.6 is 0 Å². The highest BCUT2D eigenvalue weighted by atomic mass is 19.4. The summed E-state index contributed by atoms with van der Waals surface area (Å²) in [4.78, 5) is 0. The highest BCUT2D eigenvalue weighted by molar-refractivity contribution is 5.05. The van der Waals surface area contributed by atoms with E-state index in [1.807, 2.05) is 0 Å². The third kappa shape index (κ3) is 3.53. The van der Waals surface area contributed by atoms with Crippen molar-refractivity contribution in [3.63, 3.8) is 0 Å². The van der Waals surface area contributed by atoms with Crippen LogP contribution in [-0.4, -0.2) is 40.9 Å². The number of rotatable bonds is 6. The lowest BCUT2D eigenvalue weighted by Gasteiger charge is -2.30. The fourth-order valence-corrected chi connectivity index (χ4v) is 0.930. The molecule has 0 aliphatic rings. The Balaban J connectivity index is 2.87.